The SMILES string of the molecule is COc1c(C(C)(C)F)ccc(C)c1C1CC(C(=O)O)CN1. The maximum Gasteiger partial charge on any atom is 0.307 e. The standard InChI is InChI=1S/C16H22FNO3/c1-9-5-6-11(16(2,3)17)14(21-4)13(9)12-7-10(8-18-12)15(19)20/h5-6,10,12,18H,7-8H2,1-4H3,(H,19,20). The summed E-state index contributed by atoms with van der Waals surface area (Å²) in [6, 6.07) is 3.48. The summed E-state index contributed by atoms with van der Waals surface area (Å²) in [4.78, 5) is 11.1. The largest absolute Gasteiger partial charge is 0.496 e. The fourth-order valence-corrected chi connectivity index (χ4v) is 2.96. The first-order chi connectivity index (χ1) is 9.75. The van der Waals surface area contributed by atoms with Crippen LogP contribution in [0.2, 0.25) is 0 Å². The quantitative estimate of drug-likeness (QED) is 0.896. The third-order valence-corrected chi connectivity index (χ3v) is 4.09. The first kappa shape index (κ1) is 15.8. The number of nitrogens with one attached hydrogen (secondary N) is 1. The van der Waals surface area contributed by atoms with Gasteiger partial charge in [0.1, 0.15) is 11.4 Å². The van der Waals surface area contributed by atoms with Gasteiger partial charge in [-0.1, -0.05) is 12.1 Å². The monoisotopic (exact) mass is 295 g/mol. The van der Waals surface area contributed by atoms with Gasteiger partial charge in [0.2, 0.25) is 0 Å². The van der Waals surface area contributed by atoms with Gasteiger partial charge < -0.3 is 15.2 Å². The molecule has 0 saturated carbocycles. The molecule has 1 aromatic carbocycles. The minimum Gasteiger partial charge on any atom is -0.496 e. The molecule has 0 aliphatic carbocycles. The Balaban J connectivity index is 2.46. The molecular formula is C16H22FNO3. The lowest BCUT2D eigenvalue weighted by Gasteiger charge is -2.25. The number of aryl methyl sites for hydroxylation is 1. The number of carboxylic acids is 1. The van der Waals surface area contributed by atoms with Gasteiger partial charge in [-0.3, -0.25) is 4.79 Å². The van der Waals surface area contributed by atoms with Crippen molar-refractivity contribution in [3.8, 4) is 5.75 Å². The highest BCUT2D eigenvalue weighted by Gasteiger charge is 2.35. The van der Waals surface area contributed by atoms with Crippen molar-refractivity contribution in [2.45, 2.75) is 38.9 Å². The number of halogens is 1. The first-order valence-electron chi connectivity index (χ1n) is 7.08. The van der Waals surface area contributed by atoms with E-state index in [0.717, 1.165) is 11.1 Å². The van der Waals surface area contributed by atoms with Crippen molar-refractivity contribution in [3.05, 3.63) is 28.8 Å². The molecule has 0 amide bonds. The molecule has 2 rings (SSSR count). The Labute approximate surface area is 124 Å². The highest BCUT2D eigenvalue weighted by Crippen LogP contribution is 2.42. The highest BCUT2D eigenvalue weighted by atomic mass is 19.1. The molecule has 2 unspecified atom stereocenters. The molecule has 2 N–H and O–H groups in total. The van der Waals surface area contributed by atoms with E-state index in [1.165, 1.54) is 21.0 Å². The van der Waals surface area contributed by atoms with Gasteiger partial charge in [-0.25, -0.2) is 4.39 Å². The van der Waals surface area contributed by atoms with Crippen LogP contribution >= 0.6 is 0 Å². The molecule has 5 heteroatoms. The number of carboxylic acid groups (broad SMARTS) is 1. The van der Waals surface area contributed by atoms with Gasteiger partial charge in [-0.05, 0) is 32.8 Å². The summed E-state index contributed by atoms with van der Waals surface area (Å²) >= 11 is 0. The average Bonchev–Trinajstić information content (AvgIpc) is 2.86. The highest BCUT2D eigenvalue weighted by molar-refractivity contribution is 5.71. The number of aliphatic carboxylic acids is 1. The van der Waals surface area contributed by atoms with E-state index in [4.69, 9.17) is 9.84 Å². The van der Waals surface area contributed by atoms with Crippen LogP contribution in [0.4, 0.5) is 4.39 Å². The summed E-state index contributed by atoms with van der Waals surface area (Å²) in [5, 5.41) is 12.3. The minimum absolute atomic E-state index is 0.122. The number of ether oxygens (including phenoxy) is 1. The summed E-state index contributed by atoms with van der Waals surface area (Å²) in [6.45, 7) is 5.34. The van der Waals surface area contributed by atoms with E-state index in [0.29, 0.717) is 24.3 Å². The summed E-state index contributed by atoms with van der Waals surface area (Å²) in [7, 11) is 1.52. The second-order valence-corrected chi connectivity index (χ2v) is 6.08. The van der Waals surface area contributed by atoms with Crippen LogP contribution in [-0.2, 0) is 10.5 Å². The number of hydrogen-bond donors (Lipinski definition) is 2. The molecule has 1 aromatic rings. The molecule has 21 heavy (non-hydrogen) atoms. The van der Waals surface area contributed by atoms with Crippen LogP contribution in [-0.4, -0.2) is 24.7 Å². The Hall–Kier alpha value is -1.62. The van der Waals surface area contributed by atoms with Gasteiger partial charge >= 0.3 is 5.97 Å². The fourth-order valence-electron chi connectivity index (χ4n) is 2.96. The molecule has 1 aliphatic heterocycles. The Morgan fingerprint density at radius 2 is 2.14 bits per heavy atom. The molecule has 0 spiro atoms. The summed E-state index contributed by atoms with van der Waals surface area (Å²) in [6.07, 6.45) is 0.489. The normalized spacial score (nSPS) is 22.3. The third-order valence-electron chi connectivity index (χ3n) is 4.09. The maximum absolute atomic E-state index is 14.4. The molecule has 116 valence electrons. The molecule has 1 aliphatic rings. The lowest BCUT2D eigenvalue weighted by molar-refractivity contribution is -0.141. The van der Waals surface area contributed by atoms with Gasteiger partial charge in [0.05, 0.1) is 13.0 Å². The van der Waals surface area contributed by atoms with Crippen molar-refractivity contribution in [2.75, 3.05) is 13.7 Å². The van der Waals surface area contributed by atoms with E-state index in [-0.39, 0.29) is 6.04 Å². The van der Waals surface area contributed by atoms with Crippen LogP contribution in [0.5, 0.6) is 5.75 Å². The van der Waals surface area contributed by atoms with Gasteiger partial charge in [-0.15, -0.1) is 0 Å². The fraction of sp³-hybridized carbons (Fsp3) is 0.562. The topological polar surface area (TPSA) is 58.6 Å². The summed E-state index contributed by atoms with van der Waals surface area (Å²) < 4.78 is 19.8. The van der Waals surface area contributed by atoms with Gasteiger partial charge in [0.15, 0.2) is 0 Å². The van der Waals surface area contributed by atoms with E-state index >= 15 is 0 Å². The molecule has 1 fully saturated rings. The van der Waals surface area contributed by atoms with Crippen LogP contribution in [0.3, 0.4) is 0 Å². The van der Waals surface area contributed by atoms with Crippen molar-refractivity contribution in [3.63, 3.8) is 0 Å². The van der Waals surface area contributed by atoms with Crippen molar-refractivity contribution in [1.29, 1.82) is 0 Å². The first-order valence-corrected chi connectivity index (χ1v) is 7.08. The zero-order chi connectivity index (χ0) is 15.8. The second kappa shape index (κ2) is 5.64. The van der Waals surface area contributed by atoms with Crippen molar-refractivity contribution >= 4 is 5.97 Å². The van der Waals surface area contributed by atoms with Crippen LogP contribution in [0.15, 0.2) is 12.1 Å². The van der Waals surface area contributed by atoms with Crippen molar-refractivity contribution < 1.29 is 19.0 Å². The number of benzene rings is 1. The number of rotatable bonds is 4. The van der Waals surface area contributed by atoms with Crippen LogP contribution in [0, 0.1) is 12.8 Å². The lowest BCUT2D eigenvalue weighted by atomic mass is 9.89. The summed E-state index contributed by atoms with van der Waals surface area (Å²) in [5.74, 6) is -0.698. The van der Waals surface area contributed by atoms with Gasteiger partial charge in [0, 0.05) is 23.7 Å². The van der Waals surface area contributed by atoms with Crippen LogP contribution in [0.1, 0.15) is 43.0 Å². The molecule has 0 radical (unpaired) electrons. The molecule has 4 nitrogen and oxygen atoms in total. The Kier molecular flexibility index (Phi) is 4.23. The molecular weight excluding hydrogens is 273 g/mol. The predicted octanol–water partition coefficient (Wildman–Crippen LogP) is 2.94. The molecule has 1 heterocycles. The van der Waals surface area contributed by atoms with E-state index in [1.807, 2.05) is 13.0 Å². The number of hydrogen-bond acceptors (Lipinski definition) is 3. The lowest BCUT2D eigenvalue weighted by Crippen LogP contribution is -2.19. The molecule has 0 bridgehead atoms. The van der Waals surface area contributed by atoms with E-state index in [2.05, 4.69) is 5.32 Å². The molecule has 1 saturated heterocycles. The second-order valence-electron chi connectivity index (χ2n) is 6.08. The number of methoxy groups -OCH3 is 1. The Morgan fingerprint density at radius 1 is 1.48 bits per heavy atom. The van der Waals surface area contributed by atoms with Crippen LogP contribution < -0.4 is 10.1 Å². The average molecular weight is 295 g/mol. The van der Waals surface area contributed by atoms with E-state index < -0.39 is 17.6 Å². The predicted molar refractivity (Wildman–Crippen MR) is 78.4 cm³/mol. The maximum atomic E-state index is 14.4. The number of alkyl halides is 1. The Morgan fingerprint density at radius 3 is 2.62 bits per heavy atom. The minimum atomic E-state index is -1.52. The molecule has 0 aromatic heterocycles. The van der Waals surface area contributed by atoms with Crippen LogP contribution in [0.25, 0.3) is 0 Å². The van der Waals surface area contributed by atoms with E-state index in [1.54, 1.807) is 6.07 Å². The van der Waals surface area contributed by atoms with Gasteiger partial charge in [-0.2, -0.15) is 0 Å². The smallest absolute Gasteiger partial charge is 0.307 e. The van der Waals surface area contributed by atoms with E-state index in [9.17, 15) is 9.18 Å². The summed E-state index contributed by atoms with van der Waals surface area (Å²) in [5.41, 5.74) is 0.817. The molecule has 2 atom stereocenters. The van der Waals surface area contributed by atoms with Crippen molar-refractivity contribution in [2.24, 2.45) is 5.92 Å². The zero-order valence-corrected chi connectivity index (χ0v) is 12.9. The van der Waals surface area contributed by atoms with Crippen molar-refractivity contribution in [1.82, 2.24) is 5.32 Å². The zero-order valence-electron chi connectivity index (χ0n) is 12.9. The number of carbonyl (C=O) groups is 1. The Bertz CT molecular complexity index is 551. The third kappa shape index (κ3) is 3.02. The van der Waals surface area contributed by atoms with Gasteiger partial charge in [0.25, 0.3) is 0 Å².